The monoisotopic (exact) mass is 359 g/mol. The molecule has 0 aliphatic rings. The average molecular weight is 359 g/mol. The normalized spacial score (nSPS) is 10.9. The summed E-state index contributed by atoms with van der Waals surface area (Å²) in [5.41, 5.74) is 0.223. The van der Waals surface area contributed by atoms with E-state index in [4.69, 9.17) is 9.15 Å². The summed E-state index contributed by atoms with van der Waals surface area (Å²) in [5.74, 6) is 0.00899. The van der Waals surface area contributed by atoms with Crippen molar-refractivity contribution in [2.24, 2.45) is 0 Å². The Labute approximate surface area is 155 Å². The Morgan fingerprint density at radius 1 is 1.00 bits per heavy atom. The maximum absolute atomic E-state index is 12.7. The van der Waals surface area contributed by atoms with Gasteiger partial charge in [0.2, 0.25) is 0 Å². The number of fused-ring (bicyclic) bond motifs is 3. The minimum absolute atomic E-state index is 0.0508. The van der Waals surface area contributed by atoms with Gasteiger partial charge in [-0.25, -0.2) is 4.79 Å². The van der Waals surface area contributed by atoms with Gasteiger partial charge in [-0.3, -0.25) is 4.79 Å². The van der Waals surface area contributed by atoms with Crippen LogP contribution in [0.2, 0.25) is 0 Å². The Morgan fingerprint density at radius 2 is 1.78 bits per heavy atom. The molecular formula is C22H17NO4. The van der Waals surface area contributed by atoms with Crippen molar-refractivity contribution in [3.63, 3.8) is 0 Å². The van der Waals surface area contributed by atoms with E-state index < -0.39 is 11.5 Å². The first kappa shape index (κ1) is 16.8. The first-order valence-corrected chi connectivity index (χ1v) is 8.66. The van der Waals surface area contributed by atoms with Crippen molar-refractivity contribution in [1.29, 1.82) is 0 Å². The molecule has 1 heterocycles. The molecule has 1 amide bonds. The molecular weight excluding hydrogens is 342 g/mol. The van der Waals surface area contributed by atoms with E-state index >= 15 is 0 Å². The molecule has 0 spiro atoms. The first-order chi connectivity index (χ1) is 13.2. The van der Waals surface area contributed by atoms with Gasteiger partial charge in [0.05, 0.1) is 12.3 Å². The summed E-state index contributed by atoms with van der Waals surface area (Å²) in [6.45, 7) is 2.33. The van der Waals surface area contributed by atoms with Crippen molar-refractivity contribution in [1.82, 2.24) is 0 Å². The molecule has 5 heteroatoms. The van der Waals surface area contributed by atoms with Gasteiger partial charge >= 0.3 is 5.63 Å². The maximum Gasteiger partial charge on any atom is 0.349 e. The van der Waals surface area contributed by atoms with Crippen LogP contribution in [0.15, 0.2) is 75.9 Å². The number of nitrogens with one attached hydrogen (secondary N) is 1. The van der Waals surface area contributed by atoms with Crippen LogP contribution in [-0.4, -0.2) is 12.5 Å². The molecule has 0 unspecified atom stereocenters. The molecule has 1 aromatic heterocycles. The van der Waals surface area contributed by atoms with Crippen LogP contribution in [0, 0.1) is 0 Å². The van der Waals surface area contributed by atoms with Crippen molar-refractivity contribution >= 4 is 33.3 Å². The third kappa shape index (κ3) is 3.15. The Bertz CT molecular complexity index is 1210. The summed E-state index contributed by atoms with van der Waals surface area (Å²) in [5, 5.41) is 5.39. The number of anilines is 1. The van der Waals surface area contributed by atoms with Crippen LogP contribution in [0.25, 0.3) is 21.7 Å². The number of benzene rings is 3. The molecule has 0 atom stereocenters. The summed E-state index contributed by atoms with van der Waals surface area (Å²) < 4.78 is 10.9. The number of rotatable bonds is 4. The maximum atomic E-state index is 12.7. The van der Waals surface area contributed by atoms with E-state index in [0.717, 1.165) is 16.2 Å². The number of amides is 1. The van der Waals surface area contributed by atoms with Crippen molar-refractivity contribution in [3.05, 3.63) is 82.7 Å². The molecule has 3 aromatic carbocycles. The average Bonchev–Trinajstić information content (AvgIpc) is 2.69. The fraction of sp³-hybridized carbons (Fsp3) is 0.0909. The van der Waals surface area contributed by atoms with E-state index in [2.05, 4.69) is 5.32 Å². The van der Waals surface area contributed by atoms with Crippen molar-refractivity contribution in [2.75, 3.05) is 11.9 Å². The molecule has 0 aliphatic heterocycles. The van der Waals surface area contributed by atoms with Gasteiger partial charge in [-0.05, 0) is 42.0 Å². The molecule has 0 radical (unpaired) electrons. The Morgan fingerprint density at radius 3 is 2.63 bits per heavy atom. The number of carbonyl (C=O) groups is 1. The van der Waals surface area contributed by atoms with Crippen LogP contribution in [0.1, 0.15) is 17.3 Å². The van der Waals surface area contributed by atoms with Crippen molar-refractivity contribution in [3.8, 4) is 5.75 Å². The topological polar surface area (TPSA) is 68.5 Å². The van der Waals surface area contributed by atoms with Gasteiger partial charge in [0.1, 0.15) is 16.9 Å². The Kier molecular flexibility index (Phi) is 4.34. The molecule has 5 nitrogen and oxygen atoms in total. The zero-order chi connectivity index (χ0) is 18.8. The minimum Gasteiger partial charge on any atom is -0.492 e. The SMILES string of the molecule is CCOc1ccccc1NC(=O)c1cc2c(ccc3ccccc32)oc1=O. The lowest BCUT2D eigenvalue weighted by Gasteiger charge is -2.11. The predicted molar refractivity (Wildman–Crippen MR) is 106 cm³/mol. The largest absolute Gasteiger partial charge is 0.492 e. The lowest BCUT2D eigenvalue weighted by Crippen LogP contribution is -2.21. The second-order valence-corrected chi connectivity index (χ2v) is 6.03. The molecule has 134 valence electrons. The summed E-state index contributed by atoms with van der Waals surface area (Å²) in [4.78, 5) is 25.1. The zero-order valence-corrected chi connectivity index (χ0v) is 14.7. The smallest absolute Gasteiger partial charge is 0.349 e. The van der Waals surface area contributed by atoms with E-state index in [0.29, 0.717) is 23.6 Å². The zero-order valence-electron chi connectivity index (χ0n) is 14.7. The summed E-state index contributed by atoms with van der Waals surface area (Å²) in [6.07, 6.45) is 0. The highest BCUT2D eigenvalue weighted by Gasteiger charge is 2.16. The Balaban J connectivity index is 1.79. The van der Waals surface area contributed by atoms with Crippen molar-refractivity contribution in [2.45, 2.75) is 6.92 Å². The highest BCUT2D eigenvalue weighted by atomic mass is 16.5. The lowest BCUT2D eigenvalue weighted by molar-refractivity contribution is 0.102. The molecule has 0 bridgehead atoms. The standard InChI is InChI=1S/C22H17NO4/c1-2-26-20-10-6-5-9-18(20)23-21(24)17-13-16-15-8-4-3-7-14(15)11-12-19(16)27-22(17)25/h3-13H,2H2,1H3,(H,23,24). The van der Waals surface area contributed by atoms with E-state index in [1.54, 1.807) is 30.3 Å². The highest BCUT2D eigenvalue weighted by molar-refractivity contribution is 6.10. The van der Waals surface area contributed by atoms with E-state index in [-0.39, 0.29) is 5.56 Å². The molecule has 0 aliphatic carbocycles. The van der Waals surface area contributed by atoms with Gasteiger partial charge in [-0.15, -0.1) is 0 Å². The minimum atomic E-state index is -0.677. The molecule has 1 N–H and O–H groups in total. The van der Waals surface area contributed by atoms with Gasteiger partial charge in [0, 0.05) is 5.39 Å². The van der Waals surface area contributed by atoms with E-state index in [9.17, 15) is 9.59 Å². The van der Waals surface area contributed by atoms with Crippen LogP contribution < -0.4 is 15.7 Å². The van der Waals surface area contributed by atoms with Crippen LogP contribution in [-0.2, 0) is 0 Å². The van der Waals surface area contributed by atoms with Gasteiger partial charge in [0.25, 0.3) is 5.91 Å². The second kappa shape index (κ2) is 6.96. The first-order valence-electron chi connectivity index (χ1n) is 8.66. The molecule has 0 saturated heterocycles. The quantitative estimate of drug-likeness (QED) is 0.427. The molecule has 0 fully saturated rings. The fourth-order valence-electron chi connectivity index (χ4n) is 3.07. The molecule has 0 saturated carbocycles. The molecule has 27 heavy (non-hydrogen) atoms. The lowest BCUT2D eigenvalue weighted by atomic mass is 10.0. The van der Waals surface area contributed by atoms with E-state index in [1.165, 1.54) is 0 Å². The summed E-state index contributed by atoms with van der Waals surface area (Å²) >= 11 is 0. The number of hydrogen-bond donors (Lipinski definition) is 1. The third-order valence-corrected chi connectivity index (χ3v) is 4.32. The van der Waals surface area contributed by atoms with Gasteiger partial charge in [-0.1, -0.05) is 42.5 Å². The van der Waals surface area contributed by atoms with Crippen LogP contribution in [0.5, 0.6) is 5.75 Å². The number of carbonyl (C=O) groups excluding carboxylic acids is 1. The van der Waals surface area contributed by atoms with Crippen molar-refractivity contribution < 1.29 is 13.9 Å². The van der Waals surface area contributed by atoms with Crippen LogP contribution in [0.3, 0.4) is 0 Å². The second-order valence-electron chi connectivity index (χ2n) is 6.03. The number of ether oxygens (including phenoxy) is 1. The molecule has 4 aromatic rings. The predicted octanol–water partition coefficient (Wildman–Crippen LogP) is 4.60. The molecule has 4 rings (SSSR count). The summed E-state index contributed by atoms with van der Waals surface area (Å²) in [6, 6.07) is 20.0. The number of hydrogen-bond acceptors (Lipinski definition) is 4. The van der Waals surface area contributed by atoms with Gasteiger partial charge in [0.15, 0.2) is 0 Å². The van der Waals surface area contributed by atoms with Gasteiger partial charge < -0.3 is 14.5 Å². The van der Waals surface area contributed by atoms with E-state index in [1.807, 2.05) is 43.3 Å². The van der Waals surface area contributed by atoms with Crippen LogP contribution in [0.4, 0.5) is 5.69 Å². The van der Waals surface area contributed by atoms with Crippen LogP contribution >= 0.6 is 0 Å². The third-order valence-electron chi connectivity index (χ3n) is 4.32. The Hall–Kier alpha value is -3.60. The highest BCUT2D eigenvalue weighted by Crippen LogP contribution is 2.26. The summed E-state index contributed by atoms with van der Waals surface area (Å²) in [7, 11) is 0. The fourth-order valence-corrected chi connectivity index (χ4v) is 3.07. The van der Waals surface area contributed by atoms with Gasteiger partial charge in [-0.2, -0.15) is 0 Å². The number of para-hydroxylation sites is 2.